The summed E-state index contributed by atoms with van der Waals surface area (Å²) in [5.74, 6) is 1.26. The van der Waals surface area contributed by atoms with Crippen LogP contribution in [-0.4, -0.2) is 11.5 Å². The number of phenols is 1. The predicted octanol–water partition coefficient (Wildman–Crippen LogP) is 6.09. The van der Waals surface area contributed by atoms with Crippen LogP contribution in [0, 0.1) is 0 Å². The number of rotatable bonds is 5. The minimum Gasteiger partial charge on any atom is -0.506 e. The number of amides is 1. The van der Waals surface area contributed by atoms with E-state index < -0.39 is 0 Å². The van der Waals surface area contributed by atoms with Gasteiger partial charge in [-0.2, -0.15) is 0 Å². The highest BCUT2D eigenvalue weighted by Gasteiger charge is 2.06. The summed E-state index contributed by atoms with van der Waals surface area (Å²) >= 11 is 1.66. The van der Waals surface area contributed by atoms with E-state index in [9.17, 15) is 9.90 Å². The summed E-state index contributed by atoms with van der Waals surface area (Å²) in [6, 6.07) is 31.5. The second-order valence-electron chi connectivity index (χ2n) is 6.04. The van der Waals surface area contributed by atoms with Gasteiger partial charge < -0.3 is 10.4 Å². The first-order valence-electron chi connectivity index (χ1n) is 8.90. The fourth-order valence-corrected chi connectivity index (χ4v) is 3.61. The topological polar surface area (TPSA) is 49.3 Å². The Labute approximate surface area is 169 Å². The number of para-hydroxylation sites is 1. The van der Waals surface area contributed by atoms with Crippen LogP contribution in [0.25, 0.3) is 10.8 Å². The minimum atomic E-state index is 0.388. The molecule has 28 heavy (non-hydrogen) atoms. The van der Waals surface area contributed by atoms with Crippen molar-refractivity contribution in [2.45, 2.75) is 10.6 Å². The second kappa shape index (κ2) is 10.2. The number of fused-ring (bicyclic) bond motifs is 1. The van der Waals surface area contributed by atoms with Crippen molar-refractivity contribution in [2.24, 2.45) is 0 Å². The number of benzene rings is 4. The monoisotopic (exact) mass is 387 g/mol. The van der Waals surface area contributed by atoms with Crippen molar-refractivity contribution in [1.29, 1.82) is 0 Å². The zero-order valence-electron chi connectivity index (χ0n) is 15.3. The van der Waals surface area contributed by atoms with Gasteiger partial charge in [0.2, 0.25) is 6.41 Å². The predicted molar refractivity (Wildman–Crippen MR) is 118 cm³/mol. The Kier molecular flexibility index (Phi) is 7.10. The highest BCUT2D eigenvalue weighted by molar-refractivity contribution is 7.98. The summed E-state index contributed by atoms with van der Waals surface area (Å²) in [5, 5.41) is 14.8. The van der Waals surface area contributed by atoms with Gasteiger partial charge in [-0.15, -0.1) is 11.8 Å². The van der Waals surface area contributed by atoms with Crippen LogP contribution in [0.2, 0.25) is 0 Å². The number of aromatic hydroxyl groups is 1. The number of thioether (sulfide) groups is 1. The molecule has 4 aromatic rings. The van der Waals surface area contributed by atoms with Crippen molar-refractivity contribution in [3.05, 3.63) is 103 Å². The molecule has 0 radical (unpaired) electrons. The van der Waals surface area contributed by atoms with Crippen molar-refractivity contribution < 1.29 is 9.90 Å². The fourth-order valence-electron chi connectivity index (χ4n) is 2.69. The standard InChI is InChI=1S/C17H14OS.C7H7NO/c18-17-15-9-5-4-8-14(15)10-11-16(17)19-12-13-6-2-1-3-7-13;9-6-8-7-4-2-1-3-5-7/h1-11,18H,12H2;1-6H,(H,8,9). The Morgan fingerprint density at radius 1 is 0.786 bits per heavy atom. The Bertz CT molecular complexity index is 1020. The van der Waals surface area contributed by atoms with Crippen LogP contribution in [0.4, 0.5) is 5.69 Å². The van der Waals surface area contributed by atoms with Crippen LogP contribution in [0.1, 0.15) is 5.56 Å². The van der Waals surface area contributed by atoms with Crippen LogP contribution < -0.4 is 5.32 Å². The van der Waals surface area contributed by atoms with Gasteiger partial charge in [0.25, 0.3) is 0 Å². The number of hydrogen-bond acceptors (Lipinski definition) is 3. The molecule has 0 bridgehead atoms. The van der Waals surface area contributed by atoms with Crippen LogP contribution in [0.15, 0.2) is 102 Å². The number of anilines is 1. The Morgan fingerprint density at radius 3 is 2.14 bits per heavy atom. The Hall–Kier alpha value is -3.24. The van der Waals surface area contributed by atoms with Crippen LogP contribution >= 0.6 is 11.8 Å². The summed E-state index contributed by atoms with van der Waals surface area (Å²) in [5.41, 5.74) is 2.09. The molecule has 2 N–H and O–H groups in total. The van der Waals surface area contributed by atoms with E-state index in [1.807, 2.05) is 78.9 Å². The fraction of sp³-hybridized carbons (Fsp3) is 0.0417. The zero-order valence-corrected chi connectivity index (χ0v) is 16.1. The van der Waals surface area contributed by atoms with Gasteiger partial charge in [-0.05, 0) is 29.1 Å². The summed E-state index contributed by atoms with van der Waals surface area (Å²) in [6.45, 7) is 0. The Balaban J connectivity index is 0.000000211. The van der Waals surface area contributed by atoms with Crippen molar-refractivity contribution in [2.75, 3.05) is 5.32 Å². The van der Waals surface area contributed by atoms with Crippen molar-refractivity contribution in [1.82, 2.24) is 0 Å². The largest absolute Gasteiger partial charge is 0.506 e. The third-order valence-corrected chi connectivity index (χ3v) is 5.22. The lowest BCUT2D eigenvalue weighted by Crippen LogP contribution is -1.91. The molecule has 0 saturated heterocycles. The molecule has 0 aromatic heterocycles. The van der Waals surface area contributed by atoms with Gasteiger partial charge in [-0.1, -0.05) is 78.9 Å². The van der Waals surface area contributed by atoms with E-state index in [1.54, 1.807) is 11.8 Å². The van der Waals surface area contributed by atoms with Gasteiger partial charge in [0.15, 0.2) is 0 Å². The van der Waals surface area contributed by atoms with E-state index in [2.05, 4.69) is 23.5 Å². The summed E-state index contributed by atoms with van der Waals surface area (Å²) in [4.78, 5) is 10.8. The quantitative estimate of drug-likeness (QED) is 0.322. The SMILES string of the molecule is O=CNc1ccccc1.Oc1c(SCc2ccccc2)ccc2ccccc12. The number of hydrogen-bond donors (Lipinski definition) is 2. The van der Waals surface area contributed by atoms with Crippen LogP contribution in [0.5, 0.6) is 5.75 Å². The van der Waals surface area contributed by atoms with E-state index in [4.69, 9.17) is 0 Å². The zero-order chi connectivity index (χ0) is 19.6. The van der Waals surface area contributed by atoms with E-state index in [-0.39, 0.29) is 0 Å². The van der Waals surface area contributed by atoms with Crippen LogP contribution in [0.3, 0.4) is 0 Å². The van der Waals surface area contributed by atoms with Gasteiger partial charge >= 0.3 is 0 Å². The third-order valence-electron chi connectivity index (χ3n) is 4.10. The third kappa shape index (κ3) is 5.38. The molecule has 0 aliphatic heterocycles. The lowest BCUT2D eigenvalue weighted by molar-refractivity contribution is -0.105. The van der Waals surface area contributed by atoms with Crippen molar-refractivity contribution >= 4 is 34.6 Å². The molecule has 0 spiro atoms. The van der Waals surface area contributed by atoms with Gasteiger partial charge in [0.1, 0.15) is 5.75 Å². The lowest BCUT2D eigenvalue weighted by atomic mass is 10.1. The molecular weight excluding hydrogens is 366 g/mol. The van der Waals surface area contributed by atoms with Gasteiger partial charge in [0, 0.05) is 16.8 Å². The van der Waals surface area contributed by atoms with Gasteiger partial charge in [-0.3, -0.25) is 4.79 Å². The maximum absolute atomic E-state index is 10.3. The normalized spacial score (nSPS) is 10.0. The molecule has 0 heterocycles. The number of carbonyl (C=O) groups excluding carboxylic acids is 1. The first-order chi connectivity index (χ1) is 13.8. The molecule has 0 unspecified atom stereocenters. The first-order valence-corrected chi connectivity index (χ1v) is 9.89. The molecule has 4 rings (SSSR count). The highest BCUT2D eigenvalue weighted by atomic mass is 32.2. The van der Waals surface area contributed by atoms with Crippen molar-refractivity contribution in [3.63, 3.8) is 0 Å². The van der Waals surface area contributed by atoms with Gasteiger partial charge in [0.05, 0.1) is 4.90 Å². The van der Waals surface area contributed by atoms with Gasteiger partial charge in [-0.25, -0.2) is 0 Å². The molecule has 4 aromatic carbocycles. The van der Waals surface area contributed by atoms with Crippen molar-refractivity contribution in [3.8, 4) is 5.75 Å². The Morgan fingerprint density at radius 2 is 1.43 bits per heavy atom. The molecule has 0 fully saturated rings. The molecular formula is C24H21NO2S. The number of phenolic OH excluding ortho intramolecular Hbond substituents is 1. The maximum Gasteiger partial charge on any atom is 0.211 e. The summed E-state index contributed by atoms with van der Waals surface area (Å²) in [7, 11) is 0. The average molecular weight is 388 g/mol. The number of nitrogens with one attached hydrogen (secondary N) is 1. The average Bonchev–Trinajstić information content (AvgIpc) is 2.76. The van der Waals surface area contributed by atoms with E-state index >= 15 is 0 Å². The molecule has 0 aliphatic carbocycles. The van der Waals surface area contributed by atoms with Crippen LogP contribution in [-0.2, 0) is 10.5 Å². The molecule has 140 valence electrons. The van der Waals surface area contributed by atoms with E-state index in [0.29, 0.717) is 12.2 Å². The highest BCUT2D eigenvalue weighted by Crippen LogP contribution is 2.36. The molecule has 1 amide bonds. The number of carbonyl (C=O) groups is 1. The maximum atomic E-state index is 10.3. The van der Waals surface area contributed by atoms with E-state index in [0.717, 1.165) is 27.1 Å². The molecule has 3 nitrogen and oxygen atoms in total. The van der Waals surface area contributed by atoms with E-state index in [1.165, 1.54) is 5.56 Å². The smallest absolute Gasteiger partial charge is 0.211 e. The molecule has 0 saturated carbocycles. The lowest BCUT2D eigenvalue weighted by Gasteiger charge is -2.07. The molecule has 4 heteroatoms. The summed E-state index contributed by atoms with van der Waals surface area (Å²) < 4.78 is 0. The second-order valence-corrected chi connectivity index (χ2v) is 7.05. The summed E-state index contributed by atoms with van der Waals surface area (Å²) in [6.07, 6.45) is 0.662. The molecule has 0 aliphatic rings. The molecule has 0 atom stereocenters. The minimum absolute atomic E-state index is 0.388. The first kappa shape index (κ1) is 19.5.